The lowest BCUT2D eigenvalue weighted by Crippen LogP contribution is -2.58. The summed E-state index contributed by atoms with van der Waals surface area (Å²) in [5, 5.41) is 2.96. The first-order valence-electron chi connectivity index (χ1n) is 10.2. The van der Waals surface area contributed by atoms with Gasteiger partial charge in [-0.25, -0.2) is 4.39 Å². The number of benzene rings is 2. The van der Waals surface area contributed by atoms with Gasteiger partial charge in [-0.2, -0.15) is 0 Å². The maximum absolute atomic E-state index is 13.2. The molecule has 1 heterocycles. The van der Waals surface area contributed by atoms with Crippen LogP contribution in [0.25, 0.3) is 0 Å². The molecule has 0 bridgehead atoms. The molecule has 166 valence electrons. The fourth-order valence-corrected chi connectivity index (χ4v) is 3.92. The van der Waals surface area contributed by atoms with Crippen molar-refractivity contribution >= 4 is 23.4 Å². The molecule has 31 heavy (non-hydrogen) atoms. The van der Waals surface area contributed by atoms with E-state index in [4.69, 9.17) is 16.3 Å². The topological polar surface area (TPSA) is 61.9 Å². The third kappa shape index (κ3) is 5.74. The molecule has 2 atom stereocenters. The van der Waals surface area contributed by atoms with Crippen LogP contribution < -0.4 is 10.1 Å². The normalized spacial score (nSPS) is 19.2. The molecule has 1 aliphatic rings. The van der Waals surface area contributed by atoms with Crippen molar-refractivity contribution in [2.75, 3.05) is 26.7 Å². The lowest BCUT2D eigenvalue weighted by molar-refractivity contribution is -0.139. The molecule has 0 unspecified atom stereocenters. The van der Waals surface area contributed by atoms with E-state index < -0.39 is 0 Å². The number of hydrogen-bond donors (Lipinski definition) is 1. The van der Waals surface area contributed by atoms with Crippen LogP contribution in [0.4, 0.5) is 4.39 Å². The summed E-state index contributed by atoms with van der Waals surface area (Å²) < 4.78 is 18.8. The summed E-state index contributed by atoms with van der Waals surface area (Å²) >= 11 is 5.98. The van der Waals surface area contributed by atoms with Crippen molar-refractivity contribution < 1.29 is 18.7 Å². The summed E-state index contributed by atoms with van der Waals surface area (Å²) in [4.78, 5) is 29.0. The maximum Gasteiger partial charge on any atom is 0.260 e. The fourth-order valence-electron chi connectivity index (χ4n) is 3.75. The van der Waals surface area contributed by atoms with Gasteiger partial charge >= 0.3 is 0 Å². The molecule has 0 saturated carbocycles. The first kappa shape index (κ1) is 23.0. The van der Waals surface area contributed by atoms with Crippen molar-refractivity contribution in [3.63, 3.8) is 0 Å². The van der Waals surface area contributed by atoms with Gasteiger partial charge in [0.25, 0.3) is 11.8 Å². The average molecular weight is 448 g/mol. The van der Waals surface area contributed by atoms with Crippen molar-refractivity contribution in [1.82, 2.24) is 15.1 Å². The van der Waals surface area contributed by atoms with Crippen LogP contribution in [0.3, 0.4) is 0 Å². The van der Waals surface area contributed by atoms with Crippen LogP contribution >= 0.6 is 11.6 Å². The molecule has 0 aliphatic carbocycles. The van der Waals surface area contributed by atoms with Crippen molar-refractivity contribution in [3.8, 4) is 5.75 Å². The Hall–Kier alpha value is -2.64. The van der Waals surface area contributed by atoms with E-state index in [9.17, 15) is 14.0 Å². The van der Waals surface area contributed by atoms with E-state index in [1.165, 1.54) is 25.2 Å². The molecule has 0 aromatic heterocycles. The van der Waals surface area contributed by atoms with E-state index in [2.05, 4.69) is 17.1 Å². The first-order chi connectivity index (χ1) is 14.8. The van der Waals surface area contributed by atoms with Gasteiger partial charge in [0.1, 0.15) is 11.6 Å². The summed E-state index contributed by atoms with van der Waals surface area (Å²) in [5.41, 5.74) is 1.32. The van der Waals surface area contributed by atoms with Crippen LogP contribution in [-0.4, -0.2) is 60.4 Å². The summed E-state index contributed by atoms with van der Waals surface area (Å²) in [5.74, 6) is -0.409. The second-order valence-electron chi connectivity index (χ2n) is 7.81. The van der Waals surface area contributed by atoms with Gasteiger partial charge < -0.3 is 15.0 Å². The highest BCUT2D eigenvalue weighted by molar-refractivity contribution is 6.31. The smallest absolute Gasteiger partial charge is 0.260 e. The molecular weight excluding hydrogens is 421 g/mol. The zero-order valence-corrected chi connectivity index (χ0v) is 18.7. The second-order valence-corrected chi connectivity index (χ2v) is 8.24. The predicted octanol–water partition coefficient (Wildman–Crippen LogP) is 3.34. The molecule has 8 heteroatoms. The van der Waals surface area contributed by atoms with E-state index >= 15 is 0 Å². The van der Waals surface area contributed by atoms with E-state index in [1.54, 1.807) is 29.2 Å². The number of ether oxygens (including phenoxy) is 1. The van der Waals surface area contributed by atoms with Gasteiger partial charge in [0.05, 0.1) is 5.56 Å². The Bertz CT molecular complexity index is 938. The molecule has 1 fully saturated rings. The standard InChI is InChI=1S/C23H27ClFN3O3/c1-15-12-28(16(2)11-27(15)13-17-4-7-19(25)8-5-17)22(29)14-31-21-9-6-18(24)10-20(21)23(30)26-3/h4-10,15-16H,11-14H2,1-3H3,(H,26,30)/t15-,16+/m0/s1. The Morgan fingerprint density at radius 1 is 1.13 bits per heavy atom. The molecule has 2 amide bonds. The third-order valence-electron chi connectivity index (χ3n) is 5.50. The molecule has 1 N–H and O–H groups in total. The van der Waals surface area contributed by atoms with Gasteiger partial charge in [0.2, 0.25) is 0 Å². The molecule has 0 spiro atoms. The van der Waals surface area contributed by atoms with Gasteiger partial charge in [-0.05, 0) is 49.7 Å². The minimum Gasteiger partial charge on any atom is -0.483 e. The SMILES string of the molecule is CNC(=O)c1cc(Cl)ccc1OCC(=O)N1C[C@H](C)N(Cc2ccc(F)cc2)C[C@H]1C. The van der Waals surface area contributed by atoms with Gasteiger partial charge in [-0.3, -0.25) is 14.5 Å². The zero-order valence-electron chi connectivity index (χ0n) is 17.9. The average Bonchev–Trinajstić information content (AvgIpc) is 2.75. The lowest BCUT2D eigenvalue weighted by Gasteiger charge is -2.44. The second kappa shape index (κ2) is 10.1. The minimum absolute atomic E-state index is 0.00335. The Morgan fingerprint density at radius 2 is 1.84 bits per heavy atom. The molecular formula is C23H27ClFN3O3. The van der Waals surface area contributed by atoms with E-state index in [1.807, 2.05) is 6.92 Å². The van der Waals surface area contributed by atoms with Crippen molar-refractivity contribution in [3.05, 3.63) is 64.4 Å². The highest BCUT2D eigenvalue weighted by Gasteiger charge is 2.32. The Kier molecular flexibility index (Phi) is 7.51. The quantitative estimate of drug-likeness (QED) is 0.737. The van der Waals surface area contributed by atoms with Crippen LogP contribution in [0, 0.1) is 5.82 Å². The number of amides is 2. The van der Waals surface area contributed by atoms with Crippen LogP contribution in [-0.2, 0) is 11.3 Å². The van der Waals surface area contributed by atoms with Crippen molar-refractivity contribution in [1.29, 1.82) is 0 Å². The maximum atomic E-state index is 13.2. The largest absolute Gasteiger partial charge is 0.483 e. The van der Waals surface area contributed by atoms with Gasteiger partial charge in [-0.1, -0.05) is 23.7 Å². The highest BCUT2D eigenvalue weighted by Crippen LogP contribution is 2.24. The number of halogens is 2. The summed E-state index contributed by atoms with van der Waals surface area (Å²) in [7, 11) is 1.52. The molecule has 2 aromatic carbocycles. The van der Waals surface area contributed by atoms with Crippen molar-refractivity contribution in [2.45, 2.75) is 32.5 Å². The summed E-state index contributed by atoms with van der Waals surface area (Å²) in [6, 6.07) is 11.4. The zero-order chi connectivity index (χ0) is 22.5. The number of carbonyl (C=O) groups is 2. The first-order valence-corrected chi connectivity index (χ1v) is 10.6. The number of piperazine rings is 1. The Morgan fingerprint density at radius 3 is 2.52 bits per heavy atom. The van der Waals surface area contributed by atoms with Crippen LogP contribution in [0.1, 0.15) is 29.8 Å². The van der Waals surface area contributed by atoms with Crippen LogP contribution in [0.15, 0.2) is 42.5 Å². The van der Waals surface area contributed by atoms with E-state index in [0.717, 1.165) is 5.56 Å². The van der Waals surface area contributed by atoms with E-state index in [0.29, 0.717) is 30.4 Å². The molecule has 6 nitrogen and oxygen atoms in total. The van der Waals surface area contributed by atoms with Crippen LogP contribution in [0.5, 0.6) is 5.75 Å². The lowest BCUT2D eigenvalue weighted by atomic mass is 10.1. The number of nitrogens with zero attached hydrogens (tertiary/aromatic N) is 2. The molecule has 2 aromatic rings. The molecule has 1 saturated heterocycles. The predicted molar refractivity (Wildman–Crippen MR) is 118 cm³/mol. The number of rotatable bonds is 6. The summed E-state index contributed by atoms with van der Waals surface area (Å²) in [6.07, 6.45) is 0. The van der Waals surface area contributed by atoms with E-state index in [-0.39, 0.29) is 41.9 Å². The van der Waals surface area contributed by atoms with Crippen molar-refractivity contribution in [2.24, 2.45) is 0 Å². The third-order valence-corrected chi connectivity index (χ3v) is 5.73. The molecule has 0 radical (unpaired) electrons. The number of nitrogens with one attached hydrogen (secondary N) is 1. The fraction of sp³-hybridized carbons (Fsp3) is 0.391. The highest BCUT2D eigenvalue weighted by atomic mass is 35.5. The van der Waals surface area contributed by atoms with Crippen LogP contribution in [0.2, 0.25) is 5.02 Å². The Balaban J connectivity index is 1.61. The van der Waals surface area contributed by atoms with Gasteiger partial charge in [0.15, 0.2) is 6.61 Å². The van der Waals surface area contributed by atoms with Gasteiger partial charge in [0, 0.05) is 43.8 Å². The monoisotopic (exact) mass is 447 g/mol. The van der Waals surface area contributed by atoms with Gasteiger partial charge in [-0.15, -0.1) is 0 Å². The molecule has 1 aliphatic heterocycles. The summed E-state index contributed by atoms with van der Waals surface area (Å²) in [6.45, 7) is 5.87. The number of hydrogen-bond acceptors (Lipinski definition) is 4. The number of carbonyl (C=O) groups excluding carboxylic acids is 2. The molecule has 3 rings (SSSR count). The Labute approximate surface area is 186 Å². The minimum atomic E-state index is -0.332.